The van der Waals surface area contributed by atoms with Crippen molar-refractivity contribution in [2.24, 2.45) is 4.40 Å². The van der Waals surface area contributed by atoms with E-state index in [4.69, 9.17) is 0 Å². The monoisotopic (exact) mass is 421 g/mol. The number of hydrogen-bond donors (Lipinski definition) is 1. The van der Waals surface area contributed by atoms with Gasteiger partial charge in [0, 0.05) is 17.4 Å². The number of carbonyl (C=O) groups is 1. The fourth-order valence-electron chi connectivity index (χ4n) is 2.43. The van der Waals surface area contributed by atoms with Gasteiger partial charge in [-0.25, -0.2) is 9.69 Å². The van der Waals surface area contributed by atoms with Crippen molar-refractivity contribution in [3.63, 3.8) is 0 Å². The van der Waals surface area contributed by atoms with Gasteiger partial charge in [-0.3, -0.25) is 0 Å². The molecule has 0 unspecified atom stereocenters. The molecule has 1 saturated heterocycles. The van der Waals surface area contributed by atoms with E-state index in [1.54, 1.807) is 24.3 Å². The van der Waals surface area contributed by atoms with Gasteiger partial charge in [0.2, 0.25) is 0 Å². The third-order valence-corrected chi connectivity index (χ3v) is 5.56. The third kappa shape index (κ3) is 3.91. The first-order valence-electron chi connectivity index (χ1n) is 7.61. The van der Waals surface area contributed by atoms with Crippen molar-refractivity contribution in [1.82, 2.24) is 5.32 Å². The number of nitrogens with one attached hydrogen (secondary N) is 1. The zero-order valence-corrected chi connectivity index (χ0v) is 15.8. The molecule has 6 nitrogen and oxygen atoms in total. The molecule has 0 radical (unpaired) electrons. The van der Waals surface area contributed by atoms with Crippen LogP contribution in [0.4, 0.5) is 10.5 Å². The minimum absolute atomic E-state index is 0.0815. The van der Waals surface area contributed by atoms with Crippen molar-refractivity contribution >= 4 is 43.5 Å². The minimum atomic E-state index is -3.90. The van der Waals surface area contributed by atoms with Crippen LogP contribution in [0.15, 0.2) is 62.3 Å². The fourth-order valence-corrected chi connectivity index (χ4v) is 3.73. The molecule has 0 bridgehead atoms. The summed E-state index contributed by atoms with van der Waals surface area (Å²) in [4.78, 5) is 13.7. The van der Waals surface area contributed by atoms with E-state index in [0.29, 0.717) is 18.7 Å². The number of benzene rings is 2. The lowest BCUT2D eigenvalue weighted by molar-refractivity contribution is 0.248. The first-order valence-corrected chi connectivity index (χ1v) is 9.84. The van der Waals surface area contributed by atoms with Crippen LogP contribution in [-0.2, 0) is 10.0 Å². The van der Waals surface area contributed by atoms with Crippen LogP contribution in [-0.4, -0.2) is 26.8 Å². The number of urea groups is 1. The first-order chi connectivity index (χ1) is 11.9. The van der Waals surface area contributed by atoms with Gasteiger partial charge in [0.05, 0.1) is 10.6 Å². The Kier molecular flexibility index (Phi) is 4.91. The predicted octanol–water partition coefficient (Wildman–Crippen LogP) is 3.46. The molecule has 0 aliphatic carbocycles. The van der Waals surface area contributed by atoms with Crippen molar-refractivity contribution in [2.45, 2.75) is 18.2 Å². The molecular formula is C17H16BrN3O3S. The van der Waals surface area contributed by atoms with Crippen LogP contribution >= 0.6 is 15.9 Å². The molecule has 2 amide bonds. The van der Waals surface area contributed by atoms with E-state index in [9.17, 15) is 13.2 Å². The van der Waals surface area contributed by atoms with Gasteiger partial charge in [-0.05, 0) is 43.3 Å². The molecule has 2 aromatic rings. The molecule has 2 aromatic carbocycles. The standard InChI is InChI=1S/C17H16BrN3O3S/c1-12-2-6-14(7-3-12)21-16(10-11-19-17(21)22)20-25(23,24)15-8-4-13(18)5-9-15/h2-9H,10-11H2,1H3,(H,19,22). The Morgan fingerprint density at radius 2 is 1.72 bits per heavy atom. The highest BCUT2D eigenvalue weighted by molar-refractivity contribution is 9.10. The number of hydrogen-bond acceptors (Lipinski definition) is 3. The molecule has 0 spiro atoms. The van der Waals surface area contributed by atoms with Crippen LogP contribution in [0.1, 0.15) is 12.0 Å². The zero-order valence-electron chi connectivity index (χ0n) is 13.4. The number of anilines is 1. The lowest BCUT2D eigenvalue weighted by atomic mass is 10.2. The smallest absolute Gasteiger partial charge is 0.327 e. The van der Waals surface area contributed by atoms with Crippen molar-refractivity contribution < 1.29 is 13.2 Å². The zero-order chi connectivity index (χ0) is 18.0. The first kappa shape index (κ1) is 17.6. The van der Waals surface area contributed by atoms with Gasteiger partial charge in [-0.1, -0.05) is 33.6 Å². The summed E-state index contributed by atoms with van der Waals surface area (Å²) in [7, 11) is -3.90. The Bertz CT molecular complexity index is 923. The van der Waals surface area contributed by atoms with Gasteiger partial charge < -0.3 is 5.32 Å². The molecule has 1 N–H and O–H groups in total. The summed E-state index contributed by atoms with van der Waals surface area (Å²) in [6.07, 6.45) is 0.329. The van der Waals surface area contributed by atoms with E-state index in [2.05, 4.69) is 25.6 Å². The third-order valence-electron chi connectivity index (χ3n) is 3.72. The van der Waals surface area contributed by atoms with Gasteiger partial charge in [-0.15, -0.1) is 4.40 Å². The highest BCUT2D eigenvalue weighted by Crippen LogP contribution is 2.22. The second-order valence-electron chi connectivity index (χ2n) is 5.59. The lowest BCUT2D eigenvalue weighted by Gasteiger charge is -2.28. The van der Waals surface area contributed by atoms with E-state index < -0.39 is 10.0 Å². The number of amides is 2. The normalized spacial score (nSPS) is 16.8. The maximum absolute atomic E-state index is 12.6. The summed E-state index contributed by atoms with van der Waals surface area (Å²) >= 11 is 3.27. The summed E-state index contributed by atoms with van der Waals surface area (Å²) in [5.41, 5.74) is 1.62. The Morgan fingerprint density at radius 1 is 1.08 bits per heavy atom. The highest BCUT2D eigenvalue weighted by Gasteiger charge is 2.28. The molecule has 130 valence electrons. The number of rotatable bonds is 3. The number of carbonyl (C=O) groups excluding carboxylic acids is 1. The summed E-state index contributed by atoms with van der Waals surface area (Å²) in [5, 5.41) is 2.71. The van der Waals surface area contributed by atoms with Gasteiger partial charge in [0.25, 0.3) is 10.0 Å². The molecule has 1 heterocycles. The van der Waals surface area contributed by atoms with Crippen molar-refractivity contribution in [1.29, 1.82) is 0 Å². The summed E-state index contributed by atoms with van der Waals surface area (Å²) < 4.78 is 29.9. The number of halogens is 1. The molecular weight excluding hydrogens is 406 g/mol. The summed E-state index contributed by atoms with van der Waals surface area (Å²) in [6.45, 7) is 2.28. The Morgan fingerprint density at radius 3 is 2.36 bits per heavy atom. The second-order valence-corrected chi connectivity index (χ2v) is 8.11. The quantitative estimate of drug-likeness (QED) is 0.823. The average Bonchev–Trinajstić information content (AvgIpc) is 2.56. The Hall–Kier alpha value is -2.19. The van der Waals surface area contributed by atoms with Crippen LogP contribution in [0, 0.1) is 6.92 Å². The molecule has 0 atom stereocenters. The highest BCUT2D eigenvalue weighted by atomic mass is 79.9. The van der Waals surface area contributed by atoms with Gasteiger partial charge in [0.1, 0.15) is 5.84 Å². The molecule has 3 rings (SSSR count). The molecule has 0 aromatic heterocycles. The maximum Gasteiger partial charge on any atom is 0.327 e. The number of aryl methyl sites for hydroxylation is 1. The largest absolute Gasteiger partial charge is 0.337 e. The predicted molar refractivity (Wildman–Crippen MR) is 100 cm³/mol. The van der Waals surface area contributed by atoms with Crippen molar-refractivity contribution in [3.05, 3.63) is 58.6 Å². The molecule has 1 aliphatic heterocycles. The van der Waals surface area contributed by atoms with Gasteiger partial charge in [-0.2, -0.15) is 8.42 Å². The molecule has 1 aliphatic rings. The maximum atomic E-state index is 12.6. The second kappa shape index (κ2) is 6.97. The summed E-state index contributed by atoms with van der Waals surface area (Å²) in [6, 6.07) is 13.1. The number of amidine groups is 1. The van der Waals surface area contributed by atoms with Crippen LogP contribution in [0.5, 0.6) is 0 Å². The topological polar surface area (TPSA) is 78.8 Å². The average molecular weight is 422 g/mol. The van der Waals surface area contributed by atoms with Crippen molar-refractivity contribution in [3.8, 4) is 0 Å². The SMILES string of the molecule is Cc1ccc(N2C(=O)NCCC2=NS(=O)(=O)c2ccc(Br)cc2)cc1. The van der Waals surface area contributed by atoms with Crippen LogP contribution < -0.4 is 10.2 Å². The van der Waals surface area contributed by atoms with E-state index in [1.807, 2.05) is 19.1 Å². The van der Waals surface area contributed by atoms with Crippen LogP contribution in [0.2, 0.25) is 0 Å². The minimum Gasteiger partial charge on any atom is -0.337 e. The van der Waals surface area contributed by atoms with Gasteiger partial charge >= 0.3 is 6.03 Å². The Balaban J connectivity index is 2.02. The van der Waals surface area contributed by atoms with E-state index >= 15 is 0 Å². The van der Waals surface area contributed by atoms with E-state index in [-0.39, 0.29) is 16.8 Å². The Labute approximate surface area is 154 Å². The molecule has 1 fully saturated rings. The van der Waals surface area contributed by atoms with Gasteiger partial charge in [0.15, 0.2) is 0 Å². The molecule has 25 heavy (non-hydrogen) atoms. The van der Waals surface area contributed by atoms with E-state index in [0.717, 1.165) is 10.0 Å². The van der Waals surface area contributed by atoms with Crippen LogP contribution in [0.25, 0.3) is 0 Å². The summed E-state index contributed by atoms with van der Waals surface area (Å²) in [5.74, 6) is 0.204. The fraction of sp³-hybridized carbons (Fsp3) is 0.176. The van der Waals surface area contributed by atoms with Crippen molar-refractivity contribution in [2.75, 3.05) is 11.4 Å². The van der Waals surface area contributed by atoms with E-state index in [1.165, 1.54) is 17.0 Å². The lowest BCUT2D eigenvalue weighted by Crippen LogP contribution is -2.50. The molecule has 0 saturated carbocycles. The number of sulfonamides is 1. The molecule has 8 heteroatoms. The van der Waals surface area contributed by atoms with Crippen LogP contribution in [0.3, 0.4) is 0 Å². The number of nitrogens with zero attached hydrogens (tertiary/aromatic N) is 2.